The standard InChI is InChI=1S/C31H31ClN6O3/c1-18-14-22(38-12-10-37(11-13-38)19(2)39)16-25-28(18)36-30(34-25)27-29(23-8-3-4-9-24(23)35-31(27)41)33-17-26(40)20-6-5-7-21(32)15-20/h3-9,14-16,26,40H,10-13,17H2,1-2H3,(H,34,36)(H2,33,35,41)/t26-/m0/s1. The number of aliphatic hydroxyl groups is 1. The minimum absolute atomic E-state index is 0.0969. The zero-order chi connectivity index (χ0) is 28.7. The van der Waals surface area contributed by atoms with Gasteiger partial charge in [-0.25, -0.2) is 4.98 Å². The summed E-state index contributed by atoms with van der Waals surface area (Å²) in [4.78, 5) is 40.6. The summed E-state index contributed by atoms with van der Waals surface area (Å²) in [5.74, 6) is 0.535. The second-order valence-electron chi connectivity index (χ2n) is 10.4. The lowest BCUT2D eigenvalue weighted by molar-refractivity contribution is -0.129. The van der Waals surface area contributed by atoms with E-state index in [0.29, 0.717) is 46.3 Å². The molecule has 1 aliphatic rings. The summed E-state index contributed by atoms with van der Waals surface area (Å²) in [6, 6.07) is 18.8. The van der Waals surface area contributed by atoms with E-state index in [2.05, 4.69) is 26.3 Å². The number of rotatable bonds is 6. The highest BCUT2D eigenvalue weighted by atomic mass is 35.5. The molecule has 0 bridgehead atoms. The molecule has 9 nitrogen and oxygen atoms in total. The molecular weight excluding hydrogens is 540 g/mol. The predicted molar refractivity (Wildman–Crippen MR) is 164 cm³/mol. The van der Waals surface area contributed by atoms with Gasteiger partial charge >= 0.3 is 0 Å². The molecule has 0 aliphatic carbocycles. The second kappa shape index (κ2) is 10.9. The number of nitrogens with zero attached hydrogens (tertiary/aromatic N) is 3. The normalized spacial score (nSPS) is 14.5. The van der Waals surface area contributed by atoms with E-state index in [9.17, 15) is 14.7 Å². The van der Waals surface area contributed by atoms with Crippen LogP contribution < -0.4 is 15.8 Å². The first-order valence-electron chi connectivity index (χ1n) is 13.6. The molecule has 0 spiro atoms. The third kappa shape index (κ3) is 5.26. The van der Waals surface area contributed by atoms with E-state index >= 15 is 0 Å². The number of pyridine rings is 1. The summed E-state index contributed by atoms with van der Waals surface area (Å²) in [6.45, 7) is 6.64. The number of anilines is 2. The van der Waals surface area contributed by atoms with Crippen LogP contribution in [-0.4, -0.2) is 63.6 Å². The van der Waals surface area contributed by atoms with Gasteiger partial charge in [0, 0.05) is 55.7 Å². The van der Waals surface area contributed by atoms with E-state index in [1.807, 2.05) is 48.2 Å². The molecule has 10 heteroatoms. The Hall–Kier alpha value is -4.34. The average Bonchev–Trinajstić information content (AvgIpc) is 3.40. The molecule has 3 heterocycles. The van der Waals surface area contributed by atoms with E-state index < -0.39 is 6.10 Å². The van der Waals surface area contributed by atoms with Crippen LogP contribution >= 0.6 is 11.6 Å². The molecule has 1 atom stereocenters. The Bertz CT molecular complexity index is 1820. The molecule has 3 aromatic carbocycles. The summed E-state index contributed by atoms with van der Waals surface area (Å²) >= 11 is 6.13. The van der Waals surface area contributed by atoms with Crippen molar-refractivity contribution in [2.75, 3.05) is 42.9 Å². The zero-order valence-electron chi connectivity index (χ0n) is 22.9. The number of piperazine rings is 1. The molecular formula is C31H31ClN6O3. The zero-order valence-corrected chi connectivity index (χ0v) is 23.6. The number of carbonyl (C=O) groups excluding carboxylic acids is 1. The maximum Gasteiger partial charge on any atom is 0.261 e. The van der Waals surface area contributed by atoms with Crippen LogP contribution in [0.4, 0.5) is 11.4 Å². The first-order chi connectivity index (χ1) is 19.8. The number of fused-ring (bicyclic) bond motifs is 2. The Labute approximate surface area is 241 Å². The molecule has 6 rings (SSSR count). The number of aromatic amines is 2. The molecule has 4 N–H and O–H groups in total. The van der Waals surface area contributed by atoms with Gasteiger partial charge in [-0.2, -0.15) is 0 Å². The van der Waals surface area contributed by atoms with E-state index in [1.165, 1.54) is 0 Å². The smallest absolute Gasteiger partial charge is 0.261 e. The van der Waals surface area contributed by atoms with E-state index in [-0.39, 0.29) is 18.0 Å². The third-order valence-corrected chi connectivity index (χ3v) is 7.95. The van der Waals surface area contributed by atoms with Crippen molar-refractivity contribution in [2.24, 2.45) is 0 Å². The number of halogens is 1. The van der Waals surface area contributed by atoms with Crippen molar-refractivity contribution < 1.29 is 9.90 Å². The van der Waals surface area contributed by atoms with Crippen LogP contribution in [0.3, 0.4) is 0 Å². The van der Waals surface area contributed by atoms with Crippen LogP contribution in [0.1, 0.15) is 24.2 Å². The van der Waals surface area contributed by atoms with Crippen molar-refractivity contribution in [2.45, 2.75) is 20.0 Å². The Balaban J connectivity index is 1.38. The van der Waals surface area contributed by atoms with Gasteiger partial charge in [0.1, 0.15) is 11.4 Å². The molecule has 5 aromatic rings. The van der Waals surface area contributed by atoms with Gasteiger partial charge in [0.15, 0.2) is 0 Å². The largest absolute Gasteiger partial charge is 0.387 e. The van der Waals surface area contributed by atoms with Crippen LogP contribution in [0.5, 0.6) is 0 Å². The molecule has 210 valence electrons. The Morgan fingerprint density at radius 2 is 1.83 bits per heavy atom. The molecule has 41 heavy (non-hydrogen) atoms. The lowest BCUT2D eigenvalue weighted by atomic mass is 10.1. The highest BCUT2D eigenvalue weighted by Gasteiger charge is 2.22. The summed E-state index contributed by atoms with van der Waals surface area (Å²) in [5.41, 5.74) is 5.65. The topological polar surface area (TPSA) is 117 Å². The number of nitrogens with one attached hydrogen (secondary N) is 3. The number of amides is 1. The minimum atomic E-state index is -0.844. The molecule has 1 fully saturated rings. The highest BCUT2D eigenvalue weighted by Crippen LogP contribution is 2.33. The Morgan fingerprint density at radius 3 is 2.59 bits per heavy atom. The SMILES string of the molecule is CC(=O)N1CCN(c2cc(C)c3nc(-c4c(NC[C@H](O)c5cccc(Cl)c5)c5ccccc5[nH]c4=O)[nH]c3c2)CC1. The van der Waals surface area contributed by atoms with Gasteiger partial charge in [0.05, 0.1) is 28.3 Å². The lowest BCUT2D eigenvalue weighted by Gasteiger charge is -2.35. The van der Waals surface area contributed by atoms with Crippen molar-refractivity contribution >= 4 is 50.8 Å². The predicted octanol–water partition coefficient (Wildman–Crippen LogP) is 4.85. The molecule has 0 radical (unpaired) electrons. The lowest BCUT2D eigenvalue weighted by Crippen LogP contribution is -2.48. The van der Waals surface area contributed by atoms with E-state index in [0.717, 1.165) is 40.8 Å². The summed E-state index contributed by atoms with van der Waals surface area (Å²) in [7, 11) is 0. The molecule has 2 aromatic heterocycles. The van der Waals surface area contributed by atoms with Crippen molar-refractivity contribution in [3.05, 3.63) is 87.2 Å². The summed E-state index contributed by atoms with van der Waals surface area (Å²) in [6.07, 6.45) is -0.844. The molecule has 0 unspecified atom stereocenters. The van der Waals surface area contributed by atoms with Gasteiger partial charge in [0.25, 0.3) is 5.56 Å². The fraction of sp³-hybridized carbons (Fsp3) is 0.258. The molecule has 1 amide bonds. The fourth-order valence-electron chi connectivity index (χ4n) is 5.54. The number of hydrogen-bond acceptors (Lipinski definition) is 6. The van der Waals surface area contributed by atoms with Crippen LogP contribution in [0, 0.1) is 6.92 Å². The fourth-order valence-corrected chi connectivity index (χ4v) is 5.73. The van der Waals surface area contributed by atoms with Crippen molar-refractivity contribution in [1.82, 2.24) is 19.9 Å². The minimum Gasteiger partial charge on any atom is -0.387 e. The van der Waals surface area contributed by atoms with Crippen molar-refractivity contribution in [3.63, 3.8) is 0 Å². The Kier molecular flexibility index (Phi) is 7.15. The first-order valence-corrected chi connectivity index (χ1v) is 14.0. The molecule has 0 saturated carbocycles. The van der Waals surface area contributed by atoms with Gasteiger partial charge in [-0.05, 0) is 48.4 Å². The number of H-pyrrole nitrogens is 2. The van der Waals surface area contributed by atoms with Crippen LogP contribution in [0.15, 0.2) is 65.5 Å². The maximum absolute atomic E-state index is 13.5. The van der Waals surface area contributed by atoms with Crippen LogP contribution in [0.25, 0.3) is 33.3 Å². The van der Waals surface area contributed by atoms with E-state index in [1.54, 1.807) is 25.1 Å². The van der Waals surface area contributed by atoms with Crippen molar-refractivity contribution in [1.29, 1.82) is 0 Å². The molecule has 1 aliphatic heterocycles. The number of aryl methyl sites for hydroxylation is 1. The first kappa shape index (κ1) is 26.9. The number of hydrogen-bond donors (Lipinski definition) is 4. The average molecular weight is 571 g/mol. The van der Waals surface area contributed by atoms with Crippen molar-refractivity contribution in [3.8, 4) is 11.4 Å². The number of carbonyl (C=O) groups is 1. The number of aliphatic hydroxyl groups excluding tert-OH is 1. The van der Waals surface area contributed by atoms with Gasteiger partial charge < -0.3 is 30.2 Å². The summed E-state index contributed by atoms with van der Waals surface area (Å²) < 4.78 is 0. The van der Waals surface area contributed by atoms with Crippen LogP contribution in [-0.2, 0) is 4.79 Å². The highest BCUT2D eigenvalue weighted by molar-refractivity contribution is 6.30. The van der Waals surface area contributed by atoms with Gasteiger partial charge in [-0.3, -0.25) is 9.59 Å². The molecule has 1 saturated heterocycles. The number of benzene rings is 3. The van der Waals surface area contributed by atoms with Gasteiger partial charge in [-0.15, -0.1) is 0 Å². The monoisotopic (exact) mass is 570 g/mol. The number of aromatic nitrogens is 3. The van der Waals surface area contributed by atoms with Gasteiger partial charge in [-0.1, -0.05) is 41.9 Å². The Morgan fingerprint density at radius 1 is 1.05 bits per heavy atom. The third-order valence-electron chi connectivity index (χ3n) is 7.72. The second-order valence-corrected chi connectivity index (χ2v) is 10.9. The van der Waals surface area contributed by atoms with Gasteiger partial charge in [0.2, 0.25) is 5.91 Å². The maximum atomic E-state index is 13.5. The van der Waals surface area contributed by atoms with E-state index in [4.69, 9.17) is 16.6 Å². The number of imidazole rings is 1. The van der Waals surface area contributed by atoms with Crippen LogP contribution in [0.2, 0.25) is 5.02 Å². The summed E-state index contributed by atoms with van der Waals surface area (Å²) in [5, 5.41) is 15.6. The number of para-hydroxylation sites is 1. The quantitative estimate of drug-likeness (QED) is 0.232.